The van der Waals surface area contributed by atoms with E-state index >= 15 is 0 Å². The van der Waals surface area contributed by atoms with Crippen LogP contribution in [0.4, 0.5) is 0 Å². The third-order valence-electron chi connectivity index (χ3n) is 3.00. The first kappa shape index (κ1) is 13.6. The summed E-state index contributed by atoms with van der Waals surface area (Å²) < 4.78 is 1.15. The lowest BCUT2D eigenvalue weighted by Gasteiger charge is -2.12. The third kappa shape index (κ3) is 3.33. The van der Waals surface area contributed by atoms with E-state index in [1.165, 1.54) is 5.56 Å². The Hall–Kier alpha value is -0.870. The van der Waals surface area contributed by atoms with Gasteiger partial charge in [0.2, 0.25) is 0 Å². The molecule has 2 aromatic rings. The minimum absolute atomic E-state index is 0.532. The van der Waals surface area contributed by atoms with Gasteiger partial charge in [0.25, 0.3) is 0 Å². The molecule has 0 spiro atoms. The predicted octanol–water partition coefficient (Wildman–Crippen LogP) is 4.33. The molecule has 0 aliphatic heterocycles. The molecule has 0 saturated carbocycles. The lowest BCUT2D eigenvalue weighted by molar-refractivity contribution is 0.220. The molecule has 0 heterocycles. The molecule has 94 valence electrons. The van der Waals surface area contributed by atoms with Gasteiger partial charge >= 0.3 is 0 Å². The summed E-state index contributed by atoms with van der Waals surface area (Å²) in [6.07, 6.45) is 1.72. The summed E-state index contributed by atoms with van der Waals surface area (Å²) in [4.78, 5) is 0. The van der Waals surface area contributed by atoms with Gasteiger partial charge in [0.05, 0.1) is 0 Å². The van der Waals surface area contributed by atoms with Crippen LogP contribution < -0.4 is 0 Å². The number of aryl methyl sites for hydroxylation is 1. The van der Waals surface area contributed by atoms with Crippen molar-refractivity contribution in [3.63, 3.8) is 0 Å². The molecule has 0 saturated heterocycles. The molecule has 0 aliphatic rings. The molecule has 2 rings (SSSR count). The highest BCUT2D eigenvalue weighted by molar-refractivity contribution is 14.1. The average molecular weight is 352 g/mol. The van der Waals surface area contributed by atoms with Crippen LogP contribution in [0, 0.1) is 3.57 Å². The van der Waals surface area contributed by atoms with Gasteiger partial charge in [-0.1, -0.05) is 49.7 Å². The summed E-state index contributed by atoms with van der Waals surface area (Å²) in [5.41, 5.74) is 3.23. The van der Waals surface area contributed by atoms with Gasteiger partial charge in [-0.25, -0.2) is 0 Å². The van der Waals surface area contributed by atoms with Gasteiger partial charge < -0.3 is 5.11 Å². The molecule has 2 heteroatoms. The van der Waals surface area contributed by atoms with Gasteiger partial charge in [-0.15, -0.1) is 0 Å². The van der Waals surface area contributed by atoms with Crippen LogP contribution >= 0.6 is 22.6 Å². The van der Waals surface area contributed by atoms with E-state index < -0.39 is 6.10 Å². The highest BCUT2D eigenvalue weighted by Crippen LogP contribution is 2.23. The smallest absolute Gasteiger partial charge is 0.104 e. The molecule has 1 nitrogen and oxygen atoms in total. The van der Waals surface area contributed by atoms with Crippen molar-refractivity contribution < 1.29 is 5.11 Å². The van der Waals surface area contributed by atoms with Crippen LogP contribution in [0.25, 0.3) is 0 Å². The molecule has 1 unspecified atom stereocenters. The van der Waals surface area contributed by atoms with Crippen molar-refractivity contribution in [3.05, 3.63) is 68.8 Å². The number of halogens is 1. The Labute approximate surface area is 122 Å². The van der Waals surface area contributed by atoms with Crippen molar-refractivity contribution in [3.8, 4) is 0 Å². The van der Waals surface area contributed by atoms with Gasteiger partial charge in [-0.2, -0.15) is 0 Å². The maximum absolute atomic E-state index is 10.3. The van der Waals surface area contributed by atoms with Gasteiger partial charge in [-0.3, -0.25) is 0 Å². The molecule has 1 atom stereocenters. The molecule has 0 amide bonds. The zero-order chi connectivity index (χ0) is 13.0. The van der Waals surface area contributed by atoms with E-state index in [1.54, 1.807) is 0 Å². The quantitative estimate of drug-likeness (QED) is 0.813. The van der Waals surface area contributed by atoms with E-state index in [2.05, 4.69) is 41.6 Å². The summed E-state index contributed by atoms with van der Waals surface area (Å²) in [6.45, 7) is 2.18. The monoisotopic (exact) mass is 352 g/mol. The van der Waals surface area contributed by atoms with Gasteiger partial charge in [0, 0.05) is 3.57 Å². The lowest BCUT2D eigenvalue weighted by atomic mass is 9.99. The molecule has 0 aromatic heterocycles. The molecule has 0 aliphatic carbocycles. The number of hydrogen-bond acceptors (Lipinski definition) is 1. The first-order chi connectivity index (χ1) is 8.70. The molecule has 0 radical (unpaired) electrons. The minimum atomic E-state index is -0.532. The van der Waals surface area contributed by atoms with E-state index in [0.717, 1.165) is 27.5 Å². The molecular weight excluding hydrogens is 335 g/mol. The maximum Gasteiger partial charge on any atom is 0.104 e. The average Bonchev–Trinajstić information content (AvgIpc) is 2.39. The molecule has 1 N–H and O–H groups in total. The van der Waals surface area contributed by atoms with Crippen LogP contribution in [-0.2, 0) is 6.42 Å². The fourth-order valence-corrected chi connectivity index (χ4v) is 2.59. The highest BCUT2D eigenvalue weighted by atomic mass is 127. The second-order valence-corrected chi connectivity index (χ2v) is 5.69. The van der Waals surface area contributed by atoms with Crippen molar-refractivity contribution in [2.24, 2.45) is 0 Å². The standard InChI is InChI=1S/C16H17IO/c1-2-4-12-7-9-13(10-8-12)16(18)14-5-3-6-15(17)11-14/h3,5-11,16,18H,2,4H2,1H3. The number of rotatable bonds is 4. The van der Waals surface area contributed by atoms with E-state index in [4.69, 9.17) is 0 Å². The third-order valence-corrected chi connectivity index (χ3v) is 3.67. The van der Waals surface area contributed by atoms with Crippen molar-refractivity contribution in [2.75, 3.05) is 0 Å². The predicted molar refractivity (Wildman–Crippen MR) is 83.7 cm³/mol. The summed E-state index contributed by atoms with van der Waals surface area (Å²) in [5, 5.41) is 10.3. The van der Waals surface area contributed by atoms with Gasteiger partial charge in [0.1, 0.15) is 6.10 Å². The van der Waals surface area contributed by atoms with E-state index in [9.17, 15) is 5.11 Å². The second kappa shape index (κ2) is 6.34. The fraction of sp³-hybridized carbons (Fsp3) is 0.250. The van der Waals surface area contributed by atoms with Gasteiger partial charge in [-0.05, 0) is 57.8 Å². The molecule has 2 aromatic carbocycles. The first-order valence-electron chi connectivity index (χ1n) is 6.23. The largest absolute Gasteiger partial charge is 0.384 e. The van der Waals surface area contributed by atoms with E-state index in [1.807, 2.05) is 36.4 Å². The van der Waals surface area contributed by atoms with E-state index in [0.29, 0.717) is 0 Å². The van der Waals surface area contributed by atoms with Crippen LogP contribution in [0.5, 0.6) is 0 Å². The summed E-state index contributed by atoms with van der Waals surface area (Å²) in [6, 6.07) is 16.3. The first-order valence-corrected chi connectivity index (χ1v) is 7.31. The Balaban J connectivity index is 2.20. The zero-order valence-corrected chi connectivity index (χ0v) is 12.6. The van der Waals surface area contributed by atoms with Crippen LogP contribution in [0.15, 0.2) is 48.5 Å². The van der Waals surface area contributed by atoms with E-state index in [-0.39, 0.29) is 0 Å². The number of hydrogen-bond donors (Lipinski definition) is 1. The Morgan fingerprint density at radius 3 is 2.39 bits per heavy atom. The summed E-state index contributed by atoms with van der Waals surface area (Å²) >= 11 is 2.26. The molecule has 18 heavy (non-hydrogen) atoms. The summed E-state index contributed by atoms with van der Waals surface area (Å²) in [5.74, 6) is 0. The topological polar surface area (TPSA) is 20.2 Å². The summed E-state index contributed by atoms with van der Waals surface area (Å²) in [7, 11) is 0. The minimum Gasteiger partial charge on any atom is -0.384 e. The van der Waals surface area contributed by atoms with Crippen molar-refractivity contribution in [1.82, 2.24) is 0 Å². The Bertz CT molecular complexity index is 505. The highest BCUT2D eigenvalue weighted by Gasteiger charge is 2.10. The second-order valence-electron chi connectivity index (χ2n) is 4.45. The van der Waals surface area contributed by atoms with Crippen molar-refractivity contribution >= 4 is 22.6 Å². The number of aliphatic hydroxyl groups excluding tert-OH is 1. The van der Waals surface area contributed by atoms with Crippen LogP contribution in [0.2, 0.25) is 0 Å². The number of benzene rings is 2. The van der Waals surface area contributed by atoms with Crippen LogP contribution in [-0.4, -0.2) is 5.11 Å². The van der Waals surface area contributed by atoms with Crippen molar-refractivity contribution in [2.45, 2.75) is 25.9 Å². The SMILES string of the molecule is CCCc1ccc(C(O)c2cccc(I)c2)cc1. The zero-order valence-electron chi connectivity index (χ0n) is 10.4. The normalized spacial score (nSPS) is 12.4. The Morgan fingerprint density at radius 2 is 1.78 bits per heavy atom. The fourth-order valence-electron chi connectivity index (χ4n) is 2.02. The van der Waals surface area contributed by atoms with Crippen LogP contribution in [0.3, 0.4) is 0 Å². The number of aliphatic hydroxyl groups is 1. The molecule has 0 fully saturated rings. The molecular formula is C16H17IO. The molecule has 0 bridgehead atoms. The Kier molecular flexibility index (Phi) is 4.78. The maximum atomic E-state index is 10.3. The lowest BCUT2D eigenvalue weighted by Crippen LogP contribution is -2.00. The van der Waals surface area contributed by atoms with Crippen molar-refractivity contribution in [1.29, 1.82) is 0 Å². The van der Waals surface area contributed by atoms with Crippen LogP contribution in [0.1, 0.15) is 36.1 Å². The van der Waals surface area contributed by atoms with Gasteiger partial charge in [0.15, 0.2) is 0 Å². The Morgan fingerprint density at radius 1 is 1.06 bits per heavy atom.